The van der Waals surface area contributed by atoms with Gasteiger partial charge in [0.25, 0.3) is 0 Å². The van der Waals surface area contributed by atoms with Crippen LogP contribution >= 0.6 is 0 Å². The molecule has 30 heavy (non-hydrogen) atoms. The Morgan fingerprint density at radius 2 is 1.60 bits per heavy atom. The van der Waals surface area contributed by atoms with E-state index in [4.69, 9.17) is 4.42 Å². The largest absolute Gasteiger partial charge is 0.444 e. The van der Waals surface area contributed by atoms with Crippen LogP contribution in [0.4, 0.5) is 13.2 Å². The predicted molar refractivity (Wildman–Crippen MR) is 102 cm³/mol. The zero-order valence-electron chi connectivity index (χ0n) is 15.8. The molecule has 1 aliphatic heterocycles. The molecule has 1 fully saturated rings. The SMILES string of the molecule is O=S(=O)(c1ccc(F)cc1F)N1CCN(Cc2coc(-c3ccc(F)cc3)n2)CC1. The second-order valence-electron chi connectivity index (χ2n) is 6.91. The third-order valence-electron chi connectivity index (χ3n) is 4.87. The number of aromatic nitrogens is 1. The van der Waals surface area contributed by atoms with Gasteiger partial charge in [-0.25, -0.2) is 26.6 Å². The van der Waals surface area contributed by atoms with Crippen LogP contribution in [0.25, 0.3) is 11.5 Å². The highest BCUT2D eigenvalue weighted by Gasteiger charge is 2.31. The third kappa shape index (κ3) is 4.25. The summed E-state index contributed by atoms with van der Waals surface area (Å²) >= 11 is 0. The fourth-order valence-electron chi connectivity index (χ4n) is 3.29. The molecular weight excluding hydrogens is 419 g/mol. The van der Waals surface area contributed by atoms with Crippen LogP contribution in [-0.2, 0) is 16.6 Å². The second kappa shape index (κ2) is 8.21. The molecule has 0 atom stereocenters. The Kier molecular flexibility index (Phi) is 5.63. The van der Waals surface area contributed by atoms with Crippen LogP contribution in [0.15, 0.2) is 58.0 Å². The summed E-state index contributed by atoms with van der Waals surface area (Å²) in [6.07, 6.45) is 1.51. The second-order valence-corrected chi connectivity index (χ2v) is 8.81. The number of benzene rings is 2. The van der Waals surface area contributed by atoms with Gasteiger partial charge in [-0.05, 0) is 36.4 Å². The lowest BCUT2D eigenvalue weighted by molar-refractivity contribution is 0.179. The number of rotatable bonds is 5. The molecule has 2 aromatic carbocycles. The minimum atomic E-state index is -4.04. The summed E-state index contributed by atoms with van der Waals surface area (Å²) in [6, 6.07) is 8.22. The zero-order valence-corrected chi connectivity index (χ0v) is 16.6. The van der Waals surface area contributed by atoms with Crippen LogP contribution in [0.2, 0.25) is 0 Å². The van der Waals surface area contributed by atoms with E-state index in [1.807, 2.05) is 4.90 Å². The Labute approximate surface area is 171 Å². The molecule has 0 N–H and O–H groups in total. The third-order valence-corrected chi connectivity index (χ3v) is 6.80. The quantitative estimate of drug-likeness (QED) is 0.613. The standard InChI is InChI=1S/C20H18F3N3O3S/c21-15-3-1-14(2-4-15)20-24-17(13-29-20)12-25-7-9-26(10-8-25)30(27,28)19-6-5-16(22)11-18(19)23/h1-6,11,13H,7-10,12H2. The van der Waals surface area contributed by atoms with Gasteiger partial charge in [-0.3, -0.25) is 4.90 Å². The first kappa shape index (κ1) is 20.6. The Bertz CT molecular complexity index is 1140. The van der Waals surface area contributed by atoms with E-state index in [1.54, 1.807) is 12.1 Å². The van der Waals surface area contributed by atoms with Crippen molar-refractivity contribution in [2.75, 3.05) is 26.2 Å². The van der Waals surface area contributed by atoms with E-state index >= 15 is 0 Å². The minimum Gasteiger partial charge on any atom is -0.444 e. The monoisotopic (exact) mass is 437 g/mol. The normalized spacial score (nSPS) is 16.1. The van der Waals surface area contributed by atoms with Gasteiger partial charge in [0.2, 0.25) is 15.9 Å². The van der Waals surface area contributed by atoms with Gasteiger partial charge in [-0.15, -0.1) is 0 Å². The summed E-state index contributed by atoms with van der Waals surface area (Å²) in [7, 11) is -4.04. The Morgan fingerprint density at radius 1 is 0.933 bits per heavy atom. The van der Waals surface area contributed by atoms with E-state index in [9.17, 15) is 21.6 Å². The molecule has 0 spiro atoms. The molecule has 2 heterocycles. The molecule has 3 aromatic rings. The zero-order chi connectivity index (χ0) is 21.3. The van der Waals surface area contributed by atoms with Crippen LogP contribution in [0.3, 0.4) is 0 Å². The maximum atomic E-state index is 13.9. The van der Waals surface area contributed by atoms with Gasteiger partial charge in [0.1, 0.15) is 28.6 Å². The van der Waals surface area contributed by atoms with Crippen molar-refractivity contribution in [3.63, 3.8) is 0 Å². The average Bonchev–Trinajstić information content (AvgIpc) is 3.17. The number of piperazine rings is 1. The lowest BCUT2D eigenvalue weighted by atomic mass is 10.2. The predicted octanol–water partition coefficient (Wildman–Crippen LogP) is 3.27. The fraction of sp³-hybridized carbons (Fsp3) is 0.250. The van der Waals surface area contributed by atoms with E-state index in [2.05, 4.69) is 4.98 Å². The Balaban J connectivity index is 1.38. The first-order chi connectivity index (χ1) is 14.3. The number of hydrogen-bond acceptors (Lipinski definition) is 5. The summed E-state index contributed by atoms with van der Waals surface area (Å²) in [5, 5.41) is 0. The van der Waals surface area contributed by atoms with Crippen molar-refractivity contribution >= 4 is 10.0 Å². The highest BCUT2D eigenvalue weighted by Crippen LogP contribution is 2.23. The van der Waals surface area contributed by atoms with Gasteiger partial charge in [0.05, 0.1) is 5.69 Å². The van der Waals surface area contributed by atoms with Crippen molar-refractivity contribution in [2.24, 2.45) is 0 Å². The summed E-state index contributed by atoms with van der Waals surface area (Å²) in [5.41, 5.74) is 1.31. The molecule has 0 unspecified atom stereocenters. The van der Waals surface area contributed by atoms with E-state index in [-0.39, 0.29) is 18.9 Å². The van der Waals surface area contributed by atoms with Crippen LogP contribution in [0, 0.1) is 17.5 Å². The van der Waals surface area contributed by atoms with Crippen molar-refractivity contribution in [1.82, 2.24) is 14.2 Å². The van der Waals surface area contributed by atoms with Crippen molar-refractivity contribution in [3.05, 3.63) is 71.9 Å². The summed E-state index contributed by atoms with van der Waals surface area (Å²) < 4.78 is 72.0. The van der Waals surface area contributed by atoms with E-state index in [0.717, 1.165) is 12.1 Å². The lowest BCUT2D eigenvalue weighted by Gasteiger charge is -2.33. The van der Waals surface area contributed by atoms with E-state index in [0.29, 0.717) is 42.8 Å². The van der Waals surface area contributed by atoms with Crippen LogP contribution in [-0.4, -0.2) is 48.8 Å². The number of halogens is 3. The van der Waals surface area contributed by atoms with Gasteiger partial charge in [-0.2, -0.15) is 4.31 Å². The molecule has 0 radical (unpaired) electrons. The lowest BCUT2D eigenvalue weighted by Crippen LogP contribution is -2.48. The first-order valence-electron chi connectivity index (χ1n) is 9.21. The molecule has 4 rings (SSSR count). The first-order valence-corrected chi connectivity index (χ1v) is 10.6. The van der Waals surface area contributed by atoms with E-state index < -0.39 is 26.6 Å². The summed E-state index contributed by atoms with van der Waals surface area (Å²) in [6.45, 7) is 1.62. The number of sulfonamides is 1. The Hall–Kier alpha value is -2.69. The molecule has 0 saturated carbocycles. The highest BCUT2D eigenvalue weighted by molar-refractivity contribution is 7.89. The highest BCUT2D eigenvalue weighted by atomic mass is 32.2. The summed E-state index contributed by atoms with van der Waals surface area (Å²) in [4.78, 5) is 5.86. The molecule has 10 heteroatoms. The van der Waals surface area contributed by atoms with Gasteiger partial charge < -0.3 is 4.42 Å². The number of oxazole rings is 1. The maximum Gasteiger partial charge on any atom is 0.246 e. The molecule has 158 valence electrons. The molecule has 0 aliphatic carbocycles. The number of nitrogens with zero attached hydrogens (tertiary/aromatic N) is 3. The maximum absolute atomic E-state index is 13.9. The van der Waals surface area contributed by atoms with Crippen LogP contribution in [0.1, 0.15) is 5.69 Å². The van der Waals surface area contributed by atoms with Crippen molar-refractivity contribution in [3.8, 4) is 11.5 Å². The smallest absolute Gasteiger partial charge is 0.246 e. The molecule has 1 aliphatic rings. The van der Waals surface area contributed by atoms with Crippen LogP contribution in [0.5, 0.6) is 0 Å². The molecule has 0 bridgehead atoms. The van der Waals surface area contributed by atoms with Gasteiger partial charge >= 0.3 is 0 Å². The molecule has 0 amide bonds. The molecule has 6 nitrogen and oxygen atoms in total. The number of hydrogen-bond donors (Lipinski definition) is 0. The van der Waals surface area contributed by atoms with Gasteiger partial charge in [0.15, 0.2) is 0 Å². The van der Waals surface area contributed by atoms with Crippen molar-refractivity contribution in [1.29, 1.82) is 0 Å². The summed E-state index contributed by atoms with van der Waals surface area (Å²) in [5.74, 6) is -1.91. The van der Waals surface area contributed by atoms with Crippen molar-refractivity contribution in [2.45, 2.75) is 11.4 Å². The minimum absolute atomic E-state index is 0.168. The Morgan fingerprint density at radius 3 is 2.27 bits per heavy atom. The average molecular weight is 437 g/mol. The van der Waals surface area contributed by atoms with Gasteiger partial charge in [-0.1, -0.05) is 0 Å². The molecular formula is C20H18F3N3O3S. The van der Waals surface area contributed by atoms with E-state index in [1.165, 1.54) is 22.7 Å². The molecule has 1 saturated heterocycles. The van der Waals surface area contributed by atoms with Crippen molar-refractivity contribution < 1.29 is 26.0 Å². The topological polar surface area (TPSA) is 66.7 Å². The van der Waals surface area contributed by atoms with Gasteiger partial charge in [0, 0.05) is 44.4 Å². The molecule has 1 aromatic heterocycles. The fourth-order valence-corrected chi connectivity index (χ4v) is 4.75. The van der Waals surface area contributed by atoms with Crippen LogP contribution < -0.4 is 0 Å².